The summed E-state index contributed by atoms with van der Waals surface area (Å²) in [4.78, 5) is 31.9. The third kappa shape index (κ3) is 5.46. The zero-order valence-electron chi connectivity index (χ0n) is 17.6. The van der Waals surface area contributed by atoms with Crippen LogP contribution in [-0.2, 0) is 14.3 Å². The summed E-state index contributed by atoms with van der Waals surface area (Å²) in [5.41, 5.74) is 1.17. The van der Waals surface area contributed by atoms with Crippen LogP contribution in [0, 0.1) is 5.82 Å². The number of amides is 2. The zero-order chi connectivity index (χ0) is 22.5. The third-order valence-corrected chi connectivity index (χ3v) is 6.40. The highest BCUT2D eigenvalue weighted by atomic mass is 32.2. The Hall–Kier alpha value is -2.91. The van der Waals surface area contributed by atoms with E-state index in [-0.39, 0.29) is 30.2 Å². The topological polar surface area (TPSA) is 80.2 Å². The second-order valence-corrected chi connectivity index (χ2v) is 8.71. The predicted octanol–water partition coefficient (Wildman–Crippen LogP) is 3.97. The monoisotopic (exact) mass is 457 g/mol. The Bertz CT molecular complexity index is 991. The number of nitrogens with one attached hydrogen (secondary N) is 1. The van der Waals surface area contributed by atoms with Crippen molar-refractivity contribution in [2.75, 3.05) is 25.6 Å². The number of methoxy groups -OCH3 is 1. The van der Waals surface area contributed by atoms with E-state index in [2.05, 4.69) is 10.3 Å². The molecule has 2 aromatic carbocycles. The fraction of sp³-hybridized carbons (Fsp3) is 0.348. The minimum absolute atomic E-state index is 0.00939. The van der Waals surface area contributed by atoms with E-state index in [1.165, 1.54) is 36.0 Å². The van der Waals surface area contributed by atoms with E-state index in [9.17, 15) is 14.0 Å². The van der Waals surface area contributed by atoms with Crippen LogP contribution in [0.5, 0.6) is 5.75 Å². The van der Waals surface area contributed by atoms with Crippen LogP contribution >= 0.6 is 11.8 Å². The molecule has 2 aromatic rings. The Labute approximate surface area is 190 Å². The van der Waals surface area contributed by atoms with Gasteiger partial charge in [-0.15, -0.1) is 0 Å². The van der Waals surface area contributed by atoms with Crippen molar-refractivity contribution in [3.05, 3.63) is 54.3 Å². The highest BCUT2D eigenvalue weighted by Gasteiger charge is 2.40. The van der Waals surface area contributed by atoms with Gasteiger partial charge in [-0.3, -0.25) is 14.5 Å². The molecule has 2 atom stereocenters. The van der Waals surface area contributed by atoms with E-state index in [4.69, 9.17) is 9.47 Å². The van der Waals surface area contributed by atoms with Crippen LogP contribution < -0.4 is 10.1 Å². The lowest BCUT2D eigenvalue weighted by Crippen LogP contribution is -2.38. The van der Waals surface area contributed by atoms with E-state index in [1.807, 2.05) is 12.1 Å². The number of carbonyl (C=O) groups excluding carboxylic acids is 2. The molecule has 168 valence electrons. The van der Waals surface area contributed by atoms with Gasteiger partial charge in [0.2, 0.25) is 11.8 Å². The van der Waals surface area contributed by atoms with E-state index < -0.39 is 5.25 Å². The summed E-state index contributed by atoms with van der Waals surface area (Å²) in [6.07, 6.45) is 1.81. The molecule has 2 heterocycles. The van der Waals surface area contributed by atoms with Crippen molar-refractivity contribution in [3.63, 3.8) is 0 Å². The van der Waals surface area contributed by atoms with Crippen molar-refractivity contribution in [1.82, 2.24) is 4.90 Å². The van der Waals surface area contributed by atoms with Crippen LogP contribution in [-0.4, -0.2) is 53.5 Å². The maximum Gasteiger partial charge on any atom is 0.242 e. The highest BCUT2D eigenvalue weighted by molar-refractivity contribution is 8.15. The number of hydrogen-bond acceptors (Lipinski definition) is 6. The number of hydrogen-bond donors (Lipinski definition) is 1. The first-order chi connectivity index (χ1) is 15.5. The smallest absolute Gasteiger partial charge is 0.242 e. The van der Waals surface area contributed by atoms with Gasteiger partial charge in [0.25, 0.3) is 0 Å². The molecule has 0 aliphatic carbocycles. The summed E-state index contributed by atoms with van der Waals surface area (Å²) in [5.74, 6) is -0.137. The fourth-order valence-electron chi connectivity index (χ4n) is 3.57. The third-order valence-electron chi connectivity index (χ3n) is 5.23. The highest BCUT2D eigenvalue weighted by Crippen LogP contribution is 2.33. The van der Waals surface area contributed by atoms with Crippen LogP contribution in [0.3, 0.4) is 0 Å². The second-order valence-electron chi connectivity index (χ2n) is 7.54. The van der Waals surface area contributed by atoms with Gasteiger partial charge in [-0.05, 0) is 61.4 Å². The maximum atomic E-state index is 13.1. The SMILES string of the molecule is COc1ccc(N=C2SC(CC(=O)Nc3ccc(F)cc3)C(=O)N2CC2CCCO2)cc1. The minimum Gasteiger partial charge on any atom is -0.497 e. The molecule has 7 nitrogen and oxygen atoms in total. The molecule has 0 bridgehead atoms. The van der Waals surface area contributed by atoms with Gasteiger partial charge >= 0.3 is 0 Å². The maximum absolute atomic E-state index is 13.1. The van der Waals surface area contributed by atoms with Gasteiger partial charge in [0.15, 0.2) is 5.17 Å². The number of aliphatic imine (C=N–C) groups is 1. The summed E-state index contributed by atoms with van der Waals surface area (Å²) in [7, 11) is 1.59. The first-order valence-corrected chi connectivity index (χ1v) is 11.3. The number of nitrogens with zero attached hydrogens (tertiary/aromatic N) is 2. The van der Waals surface area contributed by atoms with E-state index >= 15 is 0 Å². The van der Waals surface area contributed by atoms with Crippen LogP contribution in [0.4, 0.5) is 15.8 Å². The summed E-state index contributed by atoms with van der Waals surface area (Å²) in [6, 6.07) is 12.7. The lowest BCUT2D eigenvalue weighted by atomic mass is 10.2. The average Bonchev–Trinajstić information content (AvgIpc) is 3.40. The molecule has 0 spiro atoms. The molecule has 2 aliphatic rings. The molecule has 1 N–H and O–H groups in total. The summed E-state index contributed by atoms with van der Waals surface area (Å²) >= 11 is 1.28. The van der Waals surface area contributed by atoms with Crippen molar-refractivity contribution in [2.24, 2.45) is 4.99 Å². The van der Waals surface area contributed by atoms with E-state index in [1.54, 1.807) is 24.1 Å². The number of halogens is 1. The standard InChI is InChI=1S/C23H24FN3O4S/c1-30-18-10-8-17(9-11-18)26-23-27(14-19-3-2-12-31-19)22(29)20(32-23)13-21(28)25-16-6-4-15(24)5-7-16/h4-11,19-20H,2-3,12-14H2,1H3,(H,25,28). The molecule has 9 heteroatoms. The van der Waals surface area contributed by atoms with E-state index in [0.717, 1.165) is 18.6 Å². The van der Waals surface area contributed by atoms with Crippen LogP contribution in [0.1, 0.15) is 19.3 Å². The average molecular weight is 458 g/mol. The Morgan fingerprint density at radius 1 is 1.25 bits per heavy atom. The van der Waals surface area contributed by atoms with Crippen molar-refractivity contribution in [1.29, 1.82) is 0 Å². The number of amidine groups is 1. The predicted molar refractivity (Wildman–Crippen MR) is 122 cm³/mol. The molecule has 0 aromatic heterocycles. The lowest BCUT2D eigenvalue weighted by Gasteiger charge is -2.20. The number of ether oxygens (including phenoxy) is 2. The zero-order valence-corrected chi connectivity index (χ0v) is 18.4. The molecular formula is C23H24FN3O4S. The Morgan fingerprint density at radius 2 is 2.00 bits per heavy atom. The van der Waals surface area contributed by atoms with Gasteiger partial charge in [0.1, 0.15) is 16.8 Å². The van der Waals surface area contributed by atoms with E-state index in [0.29, 0.717) is 29.7 Å². The fourth-order valence-corrected chi connectivity index (χ4v) is 4.73. The number of rotatable bonds is 7. The molecule has 2 aliphatic heterocycles. The molecule has 2 amide bonds. The van der Waals surface area contributed by atoms with Crippen molar-refractivity contribution >= 4 is 40.1 Å². The van der Waals surface area contributed by atoms with Gasteiger partial charge in [0.05, 0.1) is 25.4 Å². The minimum atomic E-state index is -0.589. The first-order valence-electron chi connectivity index (χ1n) is 10.4. The molecule has 2 fully saturated rings. The summed E-state index contributed by atoms with van der Waals surface area (Å²) < 4.78 is 24.0. The Balaban J connectivity index is 1.49. The molecular weight excluding hydrogens is 433 g/mol. The number of benzene rings is 2. The second kappa shape index (κ2) is 10.1. The molecule has 0 saturated carbocycles. The van der Waals surface area contributed by atoms with Crippen molar-refractivity contribution < 1.29 is 23.5 Å². The first kappa shape index (κ1) is 22.3. The molecule has 0 radical (unpaired) electrons. The number of carbonyl (C=O) groups is 2. The van der Waals surface area contributed by atoms with Crippen LogP contribution in [0.2, 0.25) is 0 Å². The molecule has 4 rings (SSSR count). The summed E-state index contributed by atoms with van der Waals surface area (Å²) in [5, 5.41) is 2.68. The Morgan fingerprint density at radius 3 is 2.66 bits per heavy atom. The van der Waals surface area contributed by atoms with Crippen LogP contribution in [0.15, 0.2) is 53.5 Å². The largest absolute Gasteiger partial charge is 0.497 e. The van der Waals surface area contributed by atoms with Crippen molar-refractivity contribution in [2.45, 2.75) is 30.6 Å². The van der Waals surface area contributed by atoms with Crippen molar-refractivity contribution in [3.8, 4) is 5.75 Å². The van der Waals surface area contributed by atoms with Gasteiger partial charge in [-0.25, -0.2) is 9.38 Å². The van der Waals surface area contributed by atoms with Crippen LogP contribution in [0.25, 0.3) is 0 Å². The normalized spacial score (nSPS) is 21.9. The lowest BCUT2D eigenvalue weighted by molar-refractivity contribution is -0.129. The summed E-state index contributed by atoms with van der Waals surface area (Å²) in [6.45, 7) is 1.10. The molecule has 32 heavy (non-hydrogen) atoms. The molecule has 2 saturated heterocycles. The van der Waals surface area contributed by atoms with Gasteiger partial charge < -0.3 is 14.8 Å². The van der Waals surface area contributed by atoms with Gasteiger partial charge in [-0.1, -0.05) is 11.8 Å². The van der Waals surface area contributed by atoms with Gasteiger partial charge in [0, 0.05) is 18.7 Å². The number of thioether (sulfide) groups is 1. The quantitative estimate of drug-likeness (QED) is 0.681. The Kier molecular flexibility index (Phi) is 7.06. The number of anilines is 1. The van der Waals surface area contributed by atoms with Gasteiger partial charge in [-0.2, -0.15) is 0 Å². The molecule has 2 unspecified atom stereocenters.